The summed E-state index contributed by atoms with van der Waals surface area (Å²) in [5, 5.41) is 2.82. The van der Waals surface area contributed by atoms with Crippen molar-refractivity contribution in [1.82, 2.24) is 10.2 Å². The predicted octanol–water partition coefficient (Wildman–Crippen LogP) is 1.78. The Morgan fingerprint density at radius 2 is 1.88 bits per heavy atom. The van der Waals surface area contributed by atoms with Crippen molar-refractivity contribution in [2.45, 2.75) is 38.8 Å². The van der Waals surface area contributed by atoms with E-state index in [2.05, 4.69) is 5.32 Å². The number of benzene rings is 1. The van der Waals surface area contributed by atoms with Crippen LogP contribution >= 0.6 is 0 Å². The number of carbonyl (C=O) groups excluding carboxylic acids is 2. The third kappa shape index (κ3) is 3.68. The summed E-state index contributed by atoms with van der Waals surface area (Å²) in [7, 11) is 0. The molecule has 25 heavy (non-hydrogen) atoms. The first-order valence-corrected chi connectivity index (χ1v) is 8.97. The van der Waals surface area contributed by atoms with E-state index in [1.807, 2.05) is 18.7 Å². The average Bonchev–Trinajstić information content (AvgIpc) is 3.14. The summed E-state index contributed by atoms with van der Waals surface area (Å²) in [6.07, 6.45) is 2.11. The number of rotatable bonds is 4. The SMILES string of the molecule is CC(C)C(NC(=O)c1ccc(F)cc1)C(=O)N1CC2CCC(N)C2C1. The predicted molar refractivity (Wildman–Crippen MR) is 93.3 cm³/mol. The van der Waals surface area contributed by atoms with E-state index in [4.69, 9.17) is 5.73 Å². The van der Waals surface area contributed by atoms with Crippen LogP contribution in [0.1, 0.15) is 37.0 Å². The van der Waals surface area contributed by atoms with E-state index in [1.54, 1.807) is 0 Å². The molecule has 1 aromatic carbocycles. The Balaban J connectivity index is 1.67. The number of likely N-dealkylation sites (tertiary alicyclic amines) is 1. The Morgan fingerprint density at radius 3 is 2.48 bits per heavy atom. The van der Waals surface area contributed by atoms with Gasteiger partial charge in [0.25, 0.3) is 5.91 Å². The van der Waals surface area contributed by atoms with Crippen molar-refractivity contribution in [3.63, 3.8) is 0 Å². The summed E-state index contributed by atoms with van der Waals surface area (Å²) >= 11 is 0. The Morgan fingerprint density at radius 1 is 1.20 bits per heavy atom. The van der Waals surface area contributed by atoms with Crippen molar-refractivity contribution >= 4 is 11.8 Å². The molecule has 136 valence electrons. The number of hydrogen-bond acceptors (Lipinski definition) is 3. The largest absolute Gasteiger partial charge is 0.340 e. The van der Waals surface area contributed by atoms with Gasteiger partial charge in [-0.2, -0.15) is 0 Å². The third-order valence-corrected chi connectivity index (χ3v) is 5.55. The molecular formula is C19H26FN3O2. The summed E-state index contributed by atoms with van der Waals surface area (Å²) in [5.41, 5.74) is 6.50. The van der Waals surface area contributed by atoms with Gasteiger partial charge in [0.15, 0.2) is 0 Å². The molecule has 1 heterocycles. The van der Waals surface area contributed by atoms with Gasteiger partial charge in [-0.15, -0.1) is 0 Å². The van der Waals surface area contributed by atoms with Gasteiger partial charge in [0.05, 0.1) is 0 Å². The normalized spacial score (nSPS) is 26.6. The van der Waals surface area contributed by atoms with Gasteiger partial charge in [0, 0.05) is 24.7 Å². The molecule has 0 radical (unpaired) electrons. The monoisotopic (exact) mass is 347 g/mol. The van der Waals surface area contributed by atoms with Crippen LogP contribution in [-0.2, 0) is 4.79 Å². The first-order chi connectivity index (χ1) is 11.9. The van der Waals surface area contributed by atoms with Gasteiger partial charge in [-0.1, -0.05) is 13.8 Å². The van der Waals surface area contributed by atoms with E-state index in [0.29, 0.717) is 23.9 Å². The lowest BCUT2D eigenvalue weighted by Gasteiger charge is -2.27. The molecule has 1 aliphatic carbocycles. The fourth-order valence-corrected chi connectivity index (χ4v) is 4.02. The highest BCUT2D eigenvalue weighted by Gasteiger charge is 2.44. The maximum atomic E-state index is 13.0. The number of nitrogens with one attached hydrogen (secondary N) is 1. The average molecular weight is 347 g/mol. The summed E-state index contributed by atoms with van der Waals surface area (Å²) in [6, 6.07) is 4.91. The maximum absolute atomic E-state index is 13.0. The highest BCUT2D eigenvalue weighted by molar-refractivity contribution is 5.97. The summed E-state index contributed by atoms with van der Waals surface area (Å²) in [6.45, 7) is 5.24. The Labute approximate surface area is 147 Å². The van der Waals surface area contributed by atoms with Gasteiger partial charge in [-0.05, 0) is 54.9 Å². The number of fused-ring (bicyclic) bond motifs is 1. The molecule has 0 spiro atoms. The van der Waals surface area contributed by atoms with Gasteiger partial charge in [0.2, 0.25) is 5.91 Å². The second kappa shape index (κ2) is 7.12. The zero-order valence-corrected chi connectivity index (χ0v) is 14.7. The number of nitrogens with zero attached hydrogens (tertiary/aromatic N) is 1. The number of amides is 2. The zero-order chi connectivity index (χ0) is 18.1. The van der Waals surface area contributed by atoms with Crippen LogP contribution in [-0.4, -0.2) is 41.9 Å². The number of halogens is 1. The minimum absolute atomic E-state index is 0.0361. The molecule has 5 nitrogen and oxygen atoms in total. The lowest BCUT2D eigenvalue weighted by Crippen LogP contribution is -2.51. The molecule has 1 aromatic rings. The molecule has 2 amide bonds. The quantitative estimate of drug-likeness (QED) is 0.872. The zero-order valence-electron chi connectivity index (χ0n) is 14.7. The minimum atomic E-state index is -0.590. The Bertz CT molecular complexity index is 647. The Hall–Kier alpha value is -1.95. The van der Waals surface area contributed by atoms with Crippen molar-refractivity contribution in [3.05, 3.63) is 35.6 Å². The standard InChI is InChI=1S/C19H26FN3O2/c1-11(2)17(22-18(24)12-3-6-14(20)7-4-12)19(25)23-9-13-5-8-16(21)15(13)10-23/h3-4,6-7,11,13,15-17H,5,8-10,21H2,1-2H3,(H,22,24). The molecule has 0 aromatic heterocycles. The van der Waals surface area contributed by atoms with E-state index >= 15 is 0 Å². The second-order valence-electron chi connectivity index (χ2n) is 7.61. The van der Waals surface area contributed by atoms with E-state index < -0.39 is 11.9 Å². The van der Waals surface area contributed by atoms with Gasteiger partial charge in [0.1, 0.15) is 11.9 Å². The molecule has 2 fully saturated rings. The molecule has 1 aliphatic heterocycles. The molecule has 2 aliphatic rings. The number of nitrogens with two attached hydrogens (primary N) is 1. The molecule has 3 N–H and O–H groups in total. The van der Waals surface area contributed by atoms with Crippen LogP contribution in [0.25, 0.3) is 0 Å². The smallest absolute Gasteiger partial charge is 0.251 e. The molecule has 4 unspecified atom stereocenters. The van der Waals surface area contributed by atoms with E-state index in [1.165, 1.54) is 24.3 Å². The van der Waals surface area contributed by atoms with E-state index in [9.17, 15) is 14.0 Å². The van der Waals surface area contributed by atoms with Crippen LogP contribution in [0.2, 0.25) is 0 Å². The minimum Gasteiger partial charge on any atom is -0.340 e. The van der Waals surface area contributed by atoms with Crippen LogP contribution in [0.4, 0.5) is 4.39 Å². The van der Waals surface area contributed by atoms with Gasteiger partial charge >= 0.3 is 0 Å². The van der Waals surface area contributed by atoms with Crippen LogP contribution in [0.3, 0.4) is 0 Å². The highest BCUT2D eigenvalue weighted by atomic mass is 19.1. The van der Waals surface area contributed by atoms with Crippen molar-refractivity contribution in [3.8, 4) is 0 Å². The van der Waals surface area contributed by atoms with Crippen molar-refractivity contribution in [1.29, 1.82) is 0 Å². The van der Waals surface area contributed by atoms with Crippen molar-refractivity contribution < 1.29 is 14.0 Å². The third-order valence-electron chi connectivity index (χ3n) is 5.55. The molecular weight excluding hydrogens is 321 g/mol. The van der Waals surface area contributed by atoms with Crippen molar-refractivity contribution in [2.24, 2.45) is 23.5 Å². The van der Waals surface area contributed by atoms with E-state index in [-0.39, 0.29) is 23.8 Å². The van der Waals surface area contributed by atoms with Crippen LogP contribution in [0.15, 0.2) is 24.3 Å². The topological polar surface area (TPSA) is 75.4 Å². The van der Waals surface area contributed by atoms with E-state index in [0.717, 1.165) is 19.4 Å². The van der Waals surface area contributed by atoms with Crippen LogP contribution < -0.4 is 11.1 Å². The lowest BCUT2D eigenvalue weighted by atomic mass is 9.98. The van der Waals surface area contributed by atoms with Crippen molar-refractivity contribution in [2.75, 3.05) is 13.1 Å². The first kappa shape index (κ1) is 17.9. The maximum Gasteiger partial charge on any atom is 0.251 e. The summed E-state index contributed by atoms with van der Waals surface area (Å²) in [5.74, 6) is 0.0262. The lowest BCUT2D eigenvalue weighted by molar-refractivity contribution is -0.133. The molecule has 3 rings (SSSR count). The summed E-state index contributed by atoms with van der Waals surface area (Å²) < 4.78 is 13.0. The van der Waals surface area contributed by atoms with Crippen LogP contribution in [0.5, 0.6) is 0 Å². The second-order valence-corrected chi connectivity index (χ2v) is 7.61. The Kier molecular flexibility index (Phi) is 5.08. The number of hydrogen-bond donors (Lipinski definition) is 2. The van der Waals surface area contributed by atoms with Crippen LogP contribution in [0, 0.1) is 23.6 Å². The first-order valence-electron chi connectivity index (χ1n) is 8.97. The van der Waals surface area contributed by atoms with Gasteiger partial charge in [-0.3, -0.25) is 9.59 Å². The number of carbonyl (C=O) groups is 2. The molecule has 4 atom stereocenters. The fourth-order valence-electron chi connectivity index (χ4n) is 4.02. The fraction of sp³-hybridized carbons (Fsp3) is 0.579. The molecule has 1 saturated carbocycles. The molecule has 6 heteroatoms. The summed E-state index contributed by atoms with van der Waals surface area (Å²) in [4.78, 5) is 27.2. The molecule has 0 bridgehead atoms. The van der Waals surface area contributed by atoms with Gasteiger partial charge < -0.3 is 16.0 Å². The molecule has 1 saturated heterocycles. The van der Waals surface area contributed by atoms with Gasteiger partial charge in [-0.25, -0.2) is 4.39 Å². The highest BCUT2D eigenvalue weighted by Crippen LogP contribution is 2.37.